The van der Waals surface area contributed by atoms with Crippen molar-refractivity contribution in [1.29, 1.82) is 0 Å². The Morgan fingerprint density at radius 3 is 2.83 bits per heavy atom. The third-order valence-electron chi connectivity index (χ3n) is 3.59. The van der Waals surface area contributed by atoms with E-state index in [2.05, 4.69) is 34.0 Å². The number of azo groups is 1. The Labute approximate surface area is 132 Å². The first-order chi connectivity index (χ1) is 11.1. The average molecular weight is 308 g/mol. The minimum absolute atomic E-state index is 0.108. The molecule has 0 fully saturated rings. The van der Waals surface area contributed by atoms with E-state index >= 15 is 0 Å². The molecule has 0 saturated carbocycles. The van der Waals surface area contributed by atoms with Gasteiger partial charge in [-0.15, -0.1) is 10.2 Å². The van der Waals surface area contributed by atoms with Gasteiger partial charge in [0.05, 0.1) is 11.1 Å². The highest BCUT2D eigenvalue weighted by Gasteiger charge is 2.13. The number of pyridine rings is 1. The number of carbonyl (C=O) groups is 1. The molecule has 0 aliphatic heterocycles. The molecule has 0 bridgehead atoms. The van der Waals surface area contributed by atoms with Gasteiger partial charge >= 0.3 is 0 Å². The van der Waals surface area contributed by atoms with Crippen molar-refractivity contribution in [3.8, 4) is 5.88 Å². The van der Waals surface area contributed by atoms with Crippen LogP contribution in [0, 0.1) is 0 Å². The highest BCUT2D eigenvalue weighted by atomic mass is 16.3. The summed E-state index contributed by atoms with van der Waals surface area (Å²) < 4.78 is 0. The van der Waals surface area contributed by atoms with Crippen molar-refractivity contribution < 1.29 is 9.90 Å². The van der Waals surface area contributed by atoms with Crippen molar-refractivity contribution in [2.24, 2.45) is 10.2 Å². The van der Waals surface area contributed by atoms with Crippen molar-refractivity contribution in [3.05, 3.63) is 53.9 Å². The van der Waals surface area contributed by atoms with Gasteiger partial charge in [0.1, 0.15) is 0 Å². The fourth-order valence-electron chi connectivity index (χ4n) is 2.28. The molecule has 1 amide bonds. The Morgan fingerprint density at radius 2 is 2.13 bits per heavy atom. The maximum absolute atomic E-state index is 12.0. The van der Waals surface area contributed by atoms with Crippen molar-refractivity contribution in [2.45, 2.75) is 19.8 Å². The van der Waals surface area contributed by atoms with Crippen molar-refractivity contribution in [3.63, 3.8) is 0 Å². The van der Waals surface area contributed by atoms with E-state index in [0.717, 1.165) is 16.5 Å². The second kappa shape index (κ2) is 6.00. The smallest absolute Gasteiger partial charge is 0.296 e. The van der Waals surface area contributed by atoms with Crippen LogP contribution >= 0.6 is 0 Å². The summed E-state index contributed by atoms with van der Waals surface area (Å²) in [6, 6.07) is 9.08. The van der Waals surface area contributed by atoms with Gasteiger partial charge in [-0.1, -0.05) is 19.9 Å². The predicted octanol–water partition coefficient (Wildman–Crippen LogP) is 4.32. The standard InChI is InChI=1S/C17H16N4O2/c1-10(2)11-5-6-14-13(8-11)15(17(23)19-14)20-21-16(22)12-4-3-7-18-9-12/h3-10,19,23H,1-2H3. The van der Waals surface area contributed by atoms with Gasteiger partial charge in [-0.25, -0.2) is 0 Å². The normalized spacial score (nSPS) is 11.6. The summed E-state index contributed by atoms with van der Waals surface area (Å²) in [6.07, 6.45) is 3.00. The van der Waals surface area contributed by atoms with E-state index in [4.69, 9.17) is 0 Å². The Balaban J connectivity index is 1.99. The van der Waals surface area contributed by atoms with Gasteiger partial charge in [-0.3, -0.25) is 9.78 Å². The second-order valence-corrected chi connectivity index (χ2v) is 5.53. The molecule has 0 spiro atoms. The van der Waals surface area contributed by atoms with E-state index in [1.807, 2.05) is 18.2 Å². The molecule has 23 heavy (non-hydrogen) atoms. The van der Waals surface area contributed by atoms with Crippen LogP contribution in [0.1, 0.15) is 35.7 Å². The van der Waals surface area contributed by atoms with Crippen molar-refractivity contribution >= 4 is 22.5 Å². The van der Waals surface area contributed by atoms with Crippen LogP contribution in [0.3, 0.4) is 0 Å². The van der Waals surface area contributed by atoms with Crippen LogP contribution < -0.4 is 0 Å². The SMILES string of the molecule is CC(C)c1ccc2[nH]c(O)c(N=NC(=O)c3cccnc3)c2c1. The number of aromatic amines is 1. The van der Waals surface area contributed by atoms with E-state index in [0.29, 0.717) is 11.5 Å². The first-order valence-corrected chi connectivity index (χ1v) is 7.27. The van der Waals surface area contributed by atoms with Crippen LogP contribution in [0.4, 0.5) is 5.69 Å². The van der Waals surface area contributed by atoms with E-state index in [1.54, 1.807) is 18.3 Å². The Morgan fingerprint density at radius 1 is 1.30 bits per heavy atom. The molecule has 0 saturated heterocycles. The number of benzene rings is 1. The molecule has 0 unspecified atom stereocenters. The van der Waals surface area contributed by atoms with Crippen LogP contribution in [0.15, 0.2) is 53.0 Å². The van der Waals surface area contributed by atoms with Crippen molar-refractivity contribution in [1.82, 2.24) is 9.97 Å². The van der Waals surface area contributed by atoms with Crippen LogP contribution in [-0.2, 0) is 0 Å². The Hall–Kier alpha value is -3.02. The number of hydrogen-bond donors (Lipinski definition) is 2. The summed E-state index contributed by atoms with van der Waals surface area (Å²) in [5.74, 6) is -0.270. The minimum Gasteiger partial charge on any atom is -0.493 e. The Bertz CT molecular complexity index is 882. The van der Waals surface area contributed by atoms with E-state index < -0.39 is 5.91 Å². The highest BCUT2D eigenvalue weighted by Crippen LogP contribution is 2.37. The first-order valence-electron chi connectivity index (χ1n) is 7.27. The average Bonchev–Trinajstić information content (AvgIpc) is 2.87. The molecule has 3 aromatic rings. The summed E-state index contributed by atoms with van der Waals surface area (Å²) >= 11 is 0. The quantitative estimate of drug-likeness (QED) is 0.706. The van der Waals surface area contributed by atoms with Gasteiger partial charge < -0.3 is 10.1 Å². The molecule has 0 aliphatic carbocycles. The molecular formula is C17H16N4O2. The van der Waals surface area contributed by atoms with Gasteiger partial charge in [0.2, 0.25) is 5.88 Å². The largest absolute Gasteiger partial charge is 0.493 e. The number of carbonyl (C=O) groups excluding carboxylic acids is 1. The zero-order valence-electron chi connectivity index (χ0n) is 12.8. The molecule has 0 aliphatic rings. The summed E-state index contributed by atoms with van der Waals surface area (Å²) in [5, 5.41) is 18.4. The minimum atomic E-state index is -0.508. The topological polar surface area (TPSA) is 90.7 Å². The molecule has 6 nitrogen and oxygen atoms in total. The first kappa shape index (κ1) is 14.9. The number of aromatic nitrogens is 2. The van der Waals surface area contributed by atoms with E-state index in [9.17, 15) is 9.90 Å². The zero-order valence-corrected chi connectivity index (χ0v) is 12.8. The highest BCUT2D eigenvalue weighted by molar-refractivity contribution is 5.97. The van der Waals surface area contributed by atoms with Gasteiger partial charge in [0.25, 0.3) is 5.91 Å². The lowest BCUT2D eigenvalue weighted by Gasteiger charge is -2.04. The molecule has 0 radical (unpaired) electrons. The van der Waals surface area contributed by atoms with Crippen LogP contribution in [0.25, 0.3) is 10.9 Å². The lowest BCUT2D eigenvalue weighted by atomic mass is 10.0. The number of hydrogen-bond acceptors (Lipinski definition) is 4. The lowest BCUT2D eigenvalue weighted by Crippen LogP contribution is -1.93. The molecule has 0 atom stereocenters. The molecule has 116 valence electrons. The predicted molar refractivity (Wildman–Crippen MR) is 87.1 cm³/mol. The summed E-state index contributed by atoms with van der Waals surface area (Å²) in [7, 11) is 0. The zero-order chi connectivity index (χ0) is 16.4. The fraction of sp³-hybridized carbons (Fsp3) is 0.176. The maximum Gasteiger partial charge on any atom is 0.296 e. The van der Waals surface area contributed by atoms with Gasteiger partial charge in [0, 0.05) is 17.8 Å². The molecule has 2 N–H and O–H groups in total. The second-order valence-electron chi connectivity index (χ2n) is 5.53. The van der Waals surface area contributed by atoms with Crippen LogP contribution in [0.5, 0.6) is 5.88 Å². The number of aromatic hydroxyl groups is 1. The van der Waals surface area contributed by atoms with Crippen molar-refractivity contribution in [2.75, 3.05) is 0 Å². The molecule has 6 heteroatoms. The number of nitrogens with zero attached hydrogens (tertiary/aromatic N) is 3. The van der Waals surface area contributed by atoms with Crippen LogP contribution in [-0.4, -0.2) is 21.0 Å². The van der Waals surface area contributed by atoms with Gasteiger partial charge in [0.15, 0.2) is 5.69 Å². The molecular weight excluding hydrogens is 292 g/mol. The van der Waals surface area contributed by atoms with Gasteiger partial charge in [-0.05, 0) is 35.7 Å². The molecule has 1 aromatic carbocycles. The summed E-state index contributed by atoms with van der Waals surface area (Å²) in [5.41, 5.74) is 2.47. The molecule has 2 aromatic heterocycles. The van der Waals surface area contributed by atoms with E-state index in [1.165, 1.54) is 6.20 Å². The molecule has 3 rings (SSSR count). The number of rotatable bonds is 3. The fourth-order valence-corrected chi connectivity index (χ4v) is 2.28. The van der Waals surface area contributed by atoms with Crippen LogP contribution in [0.2, 0.25) is 0 Å². The monoisotopic (exact) mass is 308 g/mol. The van der Waals surface area contributed by atoms with E-state index in [-0.39, 0.29) is 11.6 Å². The number of nitrogens with one attached hydrogen (secondary N) is 1. The number of fused-ring (bicyclic) bond motifs is 1. The number of H-pyrrole nitrogens is 1. The maximum atomic E-state index is 12.0. The van der Waals surface area contributed by atoms with Gasteiger partial charge in [-0.2, -0.15) is 0 Å². The summed E-state index contributed by atoms with van der Waals surface area (Å²) in [6.45, 7) is 4.17. The lowest BCUT2D eigenvalue weighted by molar-refractivity contribution is 0.0994. The molecule has 2 heterocycles. The third kappa shape index (κ3) is 2.96. The number of amides is 1. The Kier molecular flexibility index (Phi) is 3.89. The summed E-state index contributed by atoms with van der Waals surface area (Å²) in [4.78, 5) is 18.7. The third-order valence-corrected chi connectivity index (χ3v) is 3.59.